The van der Waals surface area contributed by atoms with Crippen molar-refractivity contribution in [3.8, 4) is 0 Å². The third kappa shape index (κ3) is 2.60. The van der Waals surface area contributed by atoms with E-state index < -0.39 is 4.92 Å². The van der Waals surface area contributed by atoms with Gasteiger partial charge in [-0.3, -0.25) is 14.8 Å². The summed E-state index contributed by atoms with van der Waals surface area (Å²) in [5, 5.41) is 20.1. The van der Waals surface area contributed by atoms with E-state index in [1.54, 1.807) is 16.9 Å². The highest BCUT2D eigenvalue weighted by Crippen LogP contribution is 2.23. The van der Waals surface area contributed by atoms with Crippen molar-refractivity contribution in [3.05, 3.63) is 70.4 Å². The van der Waals surface area contributed by atoms with Gasteiger partial charge in [0.15, 0.2) is 6.10 Å². The third-order valence-electron chi connectivity index (χ3n) is 4.05. The van der Waals surface area contributed by atoms with E-state index in [0.717, 1.165) is 22.2 Å². The van der Waals surface area contributed by atoms with Crippen LogP contribution in [0.15, 0.2) is 59.9 Å². The summed E-state index contributed by atoms with van der Waals surface area (Å²) in [6, 6.07) is 14.7. The molecular formula is C17H14N4O3. The molecule has 0 fully saturated rings. The Morgan fingerprint density at radius 3 is 2.88 bits per heavy atom. The molecule has 2 heterocycles. The van der Waals surface area contributed by atoms with Gasteiger partial charge < -0.3 is 4.84 Å². The predicted octanol–water partition coefficient (Wildman–Crippen LogP) is 3.14. The second-order valence-electron chi connectivity index (χ2n) is 5.66. The van der Waals surface area contributed by atoms with Crippen molar-refractivity contribution >= 4 is 22.3 Å². The second-order valence-corrected chi connectivity index (χ2v) is 5.66. The minimum Gasteiger partial charge on any atom is -0.390 e. The standard InChI is InChI=1S/C17H14N4O3/c22-21(23)14-6-7-17-13(8-14)10-18-20(17)11-15-9-16(19-24-15)12-4-2-1-3-5-12/h1-8,10,15H,9,11H2/t15-/m1/s1. The molecule has 1 aliphatic heterocycles. The van der Waals surface area contributed by atoms with Crippen LogP contribution in [-0.2, 0) is 11.4 Å². The molecule has 1 aromatic heterocycles. The zero-order valence-corrected chi connectivity index (χ0v) is 12.7. The van der Waals surface area contributed by atoms with E-state index in [9.17, 15) is 10.1 Å². The van der Waals surface area contributed by atoms with Crippen LogP contribution in [0.3, 0.4) is 0 Å². The lowest BCUT2D eigenvalue weighted by molar-refractivity contribution is -0.384. The van der Waals surface area contributed by atoms with Gasteiger partial charge in [-0.25, -0.2) is 0 Å². The topological polar surface area (TPSA) is 82.5 Å². The number of benzene rings is 2. The van der Waals surface area contributed by atoms with Crippen LogP contribution in [0.2, 0.25) is 0 Å². The molecule has 1 atom stereocenters. The molecule has 4 rings (SSSR count). The number of rotatable bonds is 4. The van der Waals surface area contributed by atoms with Crippen LogP contribution in [0.1, 0.15) is 12.0 Å². The molecule has 0 radical (unpaired) electrons. The second kappa shape index (κ2) is 5.77. The number of non-ortho nitro benzene ring substituents is 1. The van der Waals surface area contributed by atoms with Crippen LogP contribution < -0.4 is 0 Å². The van der Waals surface area contributed by atoms with Crippen molar-refractivity contribution < 1.29 is 9.76 Å². The number of nitro groups is 1. The van der Waals surface area contributed by atoms with Gasteiger partial charge in [0.05, 0.1) is 28.9 Å². The number of hydrogen-bond acceptors (Lipinski definition) is 5. The maximum absolute atomic E-state index is 10.8. The molecule has 7 heteroatoms. The summed E-state index contributed by atoms with van der Waals surface area (Å²) in [7, 11) is 0. The van der Waals surface area contributed by atoms with Crippen LogP contribution in [-0.4, -0.2) is 26.5 Å². The molecule has 0 bridgehead atoms. The molecule has 0 spiro atoms. The largest absolute Gasteiger partial charge is 0.390 e. The molecule has 0 N–H and O–H groups in total. The Balaban J connectivity index is 1.51. The monoisotopic (exact) mass is 322 g/mol. The van der Waals surface area contributed by atoms with E-state index in [0.29, 0.717) is 13.0 Å². The summed E-state index contributed by atoms with van der Waals surface area (Å²) >= 11 is 0. The van der Waals surface area contributed by atoms with E-state index in [-0.39, 0.29) is 11.8 Å². The molecular weight excluding hydrogens is 308 g/mol. The average molecular weight is 322 g/mol. The molecule has 0 saturated carbocycles. The van der Waals surface area contributed by atoms with E-state index >= 15 is 0 Å². The zero-order valence-electron chi connectivity index (χ0n) is 12.7. The Morgan fingerprint density at radius 2 is 2.08 bits per heavy atom. The third-order valence-corrected chi connectivity index (χ3v) is 4.05. The van der Waals surface area contributed by atoms with Gasteiger partial charge >= 0.3 is 0 Å². The molecule has 7 nitrogen and oxygen atoms in total. The quantitative estimate of drug-likeness (QED) is 0.546. The average Bonchev–Trinajstić information content (AvgIpc) is 3.23. The zero-order chi connectivity index (χ0) is 16.5. The van der Waals surface area contributed by atoms with Gasteiger partial charge in [0, 0.05) is 23.9 Å². The van der Waals surface area contributed by atoms with E-state index in [2.05, 4.69) is 10.3 Å². The smallest absolute Gasteiger partial charge is 0.270 e. The van der Waals surface area contributed by atoms with Crippen LogP contribution in [0.5, 0.6) is 0 Å². The predicted molar refractivity (Wildman–Crippen MR) is 88.9 cm³/mol. The van der Waals surface area contributed by atoms with Gasteiger partial charge in [0.2, 0.25) is 0 Å². The fraction of sp³-hybridized carbons (Fsp3) is 0.176. The normalized spacial score (nSPS) is 16.8. The first kappa shape index (κ1) is 14.4. The minimum absolute atomic E-state index is 0.0638. The maximum Gasteiger partial charge on any atom is 0.270 e. The van der Waals surface area contributed by atoms with Gasteiger partial charge in [0.25, 0.3) is 5.69 Å². The number of fused-ring (bicyclic) bond motifs is 1. The van der Waals surface area contributed by atoms with Crippen molar-refractivity contribution in [3.63, 3.8) is 0 Å². The van der Waals surface area contributed by atoms with Crippen molar-refractivity contribution in [2.24, 2.45) is 5.16 Å². The molecule has 3 aromatic rings. The lowest BCUT2D eigenvalue weighted by Crippen LogP contribution is -2.17. The Hall–Kier alpha value is -3.22. The van der Waals surface area contributed by atoms with Crippen LogP contribution in [0.25, 0.3) is 10.9 Å². The first-order chi connectivity index (χ1) is 11.7. The van der Waals surface area contributed by atoms with E-state index in [1.807, 2.05) is 30.3 Å². The van der Waals surface area contributed by atoms with Gasteiger partial charge in [-0.15, -0.1) is 0 Å². The van der Waals surface area contributed by atoms with Crippen LogP contribution in [0.4, 0.5) is 5.69 Å². The van der Waals surface area contributed by atoms with Gasteiger partial charge in [-0.1, -0.05) is 35.5 Å². The van der Waals surface area contributed by atoms with Crippen molar-refractivity contribution in [2.45, 2.75) is 19.1 Å². The number of hydrogen-bond donors (Lipinski definition) is 0. The summed E-state index contributed by atoms with van der Waals surface area (Å²) in [5.41, 5.74) is 2.89. The SMILES string of the molecule is O=[N+]([O-])c1ccc2c(cnn2C[C@H]2CC(c3ccccc3)=NO2)c1. The molecule has 0 aliphatic carbocycles. The number of aromatic nitrogens is 2. The Morgan fingerprint density at radius 1 is 1.25 bits per heavy atom. The summed E-state index contributed by atoms with van der Waals surface area (Å²) in [4.78, 5) is 16.0. The highest BCUT2D eigenvalue weighted by Gasteiger charge is 2.23. The van der Waals surface area contributed by atoms with Gasteiger partial charge in [-0.05, 0) is 11.6 Å². The molecule has 0 amide bonds. The Labute approximate surface area is 137 Å². The Bertz CT molecular complexity index is 933. The maximum atomic E-state index is 10.8. The summed E-state index contributed by atoms with van der Waals surface area (Å²) in [6.07, 6.45) is 2.24. The first-order valence-electron chi connectivity index (χ1n) is 7.59. The van der Waals surface area contributed by atoms with Crippen LogP contribution >= 0.6 is 0 Å². The summed E-state index contributed by atoms with van der Waals surface area (Å²) < 4.78 is 1.80. The summed E-state index contributed by atoms with van der Waals surface area (Å²) in [5.74, 6) is 0. The van der Waals surface area contributed by atoms with Gasteiger partial charge in [0.1, 0.15) is 0 Å². The highest BCUT2D eigenvalue weighted by molar-refractivity contribution is 6.01. The minimum atomic E-state index is -0.406. The highest BCUT2D eigenvalue weighted by atomic mass is 16.6. The van der Waals surface area contributed by atoms with Crippen molar-refractivity contribution in [2.75, 3.05) is 0 Å². The number of nitro benzene ring substituents is 1. The lowest BCUT2D eigenvalue weighted by atomic mass is 10.1. The molecule has 120 valence electrons. The lowest BCUT2D eigenvalue weighted by Gasteiger charge is -2.09. The van der Waals surface area contributed by atoms with Gasteiger partial charge in [-0.2, -0.15) is 5.10 Å². The van der Waals surface area contributed by atoms with E-state index in [4.69, 9.17) is 4.84 Å². The fourth-order valence-corrected chi connectivity index (χ4v) is 2.85. The van der Waals surface area contributed by atoms with Crippen LogP contribution in [0, 0.1) is 10.1 Å². The summed E-state index contributed by atoms with van der Waals surface area (Å²) in [6.45, 7) is 0.543. The number of oxime groups is 1. The molecule has 0 saturated heterocycles. The first-order valence-corrected chi connectivity index (χ1v) is 7.59. The molecule has 2 aromatic carbocycles. The van der Waals surface area contributed by atoms with Crippen molar-refractivity contribution in [1.82, 2.24) is 9.78 Å². The Kier molecular flexibility index (Phi) is 3.45. The number of nitrogens with zero attached hydrogens (tertiary/aromatic N) is 4. The molecule has 1 aliphatic rings. The van der Waals surface area contributed by atoms with Crippen molar-refractivity contribution in [1.29, 1.82) is 0 Å². The molecule has 24 heavy (non-hydrogen) atoms. The molecule has 0 unspecified atom stereocenters. The van der Waals surface area contributed by atoms with E-state index in [1.165, 1.54) is 12.1 Å². The fourth-order valence-electron chi connectivity index (χ4n) is 2.85.